The van der Waals surface area contributed by atoms with E-state index in [2.05, 4.69) is 106 Å². The van der Waals surface area contributed by atoms with E-state index in [1.807, 2.05) is 73.1 Å². The van der Waals surface area contributed by atoms with E-state index in [-0.39, 0.29) is 0 Å². The van der Waals surface area contributed by atoms with Crippen molar-refractivity contribution in [1.29, 1.82) is 0 Å². The first-order valence-electron chi connectivity index (χ1n) is 13.8. The van der Waals surface area contributed by atoms with E-state index in [1.165, 1.54) is 21.5 Å². The molecule has 0 aliphatic rings. The molecule has 2 heterocycles. The Labute approximate surface area is 245 Å². The molecule has 0 aliphatic heterocycles. The highest BCUT2D eigenvalue weighted by molar-refractivity contribution is 5.99. The molecule has 7 aromatic rings. The fraction of sp³-hybridized carbons (Fsp3) is 0. The van der Waals surface area contributed by atoms with Gasteiger partial charge < -0.3 is 0 Å². The number of benzene rings is 5. The molecular formula is C40H24N2. The Morgan fingerprint density at radius 2 is 0.786 bits per heavy atom. The van der Waals surface area contributed by atoms with E-state index in [1.54, 1.807) is 0 Å². The van der Waals surface area contributed by atoms with Gasteiger partial charge in [-0.15, -0.1) is 0 Å². The molecule has 5 aromatic carbocycles. The predicted molar refractivity (Wildman–Crippen MR) is 173 cm³/mol. The maximum absolute atomic E-state index is 4.45. The summed E-state index contributed by atoms with van der Waals surface area (Å²) in [5, 5.41) is 4.69. The van der Waals surface area contributed by atoms with Crippen molar-refractivity contribution in [2.75, 3.05) is 0 Å². The number of aromatic nitrogens is 2. The van der Waals surface area contributed by atoms with Gasteiger partial charge in [0, 0.05) is 45.8 Å². The second-order valence-electron chi connectivity index (χ2n) is 10.1. The van der Waals surface area contributed by atoms with Crippen LogP contribution in [0.15, 0.2) is 146 Å². The van der Waals surface area contributed by atoms with Crippen LogP contribution in [-0.4, -0.2) is 9.97 Å². The summed E-state index contributed by atoms with van der Waals surface area (Å²) in [4.78, 5) is 8.91. The Morgan fingerprint density at radius 1 is 0.333 bits per heavy atom. The van der Waals surface area contributed by atoms with Crippen molar-refractivity contribution in [3.63, 3.8) is 0 Å². The lowest BCUT2D eigenvalue weighted by Gasteiger charge is -2.04. The summed E-state index contributed by atoms with van der Waals surface area (Å²) in [6.45, 7) is 0. The Balaban J connectivity index is 1.14. The van der Waals surface area contributed by atoms with Crippen molar-refractivity contribution < 1.29 is 0 Å². The van der Waals surface area contributed by atoms with Gasteiger partial charge in [-0.05, 0) is 106 Å². The number of rotatable bonds is 2. The lowest BCUT2D eigenvalue weighted by Crippen LogP contribution is -1.84. The molecule has 0 atom stereocenters. The summed E-state index contributed by atoms with van der Waals surface area (Å²) in [5.41, 5.74) is 7.93. The van der Waals surface area contributed by atoms with Crippen LogP contribution >= 0.6 is 0 Å². The second-order valence-corrected chi connectivity index (χ2v) is 10.1. The highest BCUT2D eigenvalue weighted by Gasteiger charge is 2.02. The molecule has 0 spiro atoms. The first-order valence-corrected chi connectivity index (χ1v) is 13.8. The Hall–Kier alpha value is -5.96. The van der Waals surface area contributed by atoms with Crippen molar-refractivity contribution in [3.8, 4) is 46.2 Å². The van der Waals surface area contributed by atoms with Crippen LogP contribution in [0.2, 0.25) is 0 Å². The first-order chi connectivity index (χ1) is 20.8. The van der Waals surface area contributed by atoms with Crippen molar-refractivity contribution in [2.24, 2.45) is 0 Å². The number of hydrogen-bond acceptors (Lipinski definition) is 2. The van der Waals surface area contributed by atoms with Crippen molar-refractivity contribution in [3.05, 3.63) is 168 Å². The highest BCUT2D eigenvalue weighted by Crippen LogP contribution is 2.25. The van der Waals surface area contributed by atoms with Gasteiger partial charge in [0.25, 0.3) is 0 Å². The minimum absolute atomic E-state index is 0.947. The molecule has 0 saturated heterocycles. The zero-order chi connectivity index (χ0) is 28.1. The second kappa shape index (κ2) is 11.3. The van der Waals surface area contributed by atoms with Gasteiger partial charge in [0.15, 0.2) is 0 Å². The third kappa shape index (κ3) is 5.52. The fourth-order valence-electron chi connectivity index (χ4n) is 5.02. The number of hydrogen-bond donors (Lipinski definition) is 0. The van der Waals surface area contributed by atoms with E-state index < -0.39 is 0 Å². The zero-order valence-electron chi connectivity index (χ0n) is 22.8. The minimum atomic E-state index is 0.947. The van der Waals surface area contributed by atoms with Crippen LogP contribution in [0.4, 0.5) is 0 Å². The third-order valence-corrected chi connectivity index (χ3v) is 7.14. The average Bonchev–Trinajstić information content (AvgIpc) is 3.06. The highest BCUT2D eigenvalue weighted by atomic mass is 14.7. The van der Waals surface area contributed by atoms with E-state index in [0.717, 1.165) is 44.8 Å². The molecule has 42 heavy (non-hydrogen) atoms. The lowest BCUT2D eigenvalue weighted by atomic mass is 10.00. The van der Waals surface area contributed by atoms with Crippen LogP contribution < -0.4 is 0 Å². The van der Waals surface area contributed by atoms with Gasteiger partial charge in [0.2, 0.25) is 0 Å². The van der Waals surface area contributed by atoms with Gasteiger partial charge in [-0.25, -0.2) is 0 Å². The molecular weight excluding hydrogens is 508 g/mol. The Bertz CT molecular complexity index is 2030. The SMILES string of the molecule is C(#Cc1ccc2cc3cc(C#Cc4cccc(-c5ccccn5)c4)ccc3cc2c1)c1cccc(-c2ccccn2)c1. The smallest absolute Gasteiger partial charge is 0.0702 e. The molecule has 0 bridgehead atoms. The van der Waals surface area contributed by atoms with Gasteiger partial charge in [-0.3, -0.25) is 9.97 Å². The molecule has 0 fully saturated rings. The van der Waals surface area contributed by atoms with Crippen LogP contribution in [-0.2, 0) is 0 Å². The Kier molecular flexibility index (Phi) is 6.71. The summed E-state index contributed by atoms with van der Waals surface area (Å²) < 4.78 is 0. The summed E-state index contributed by atoms with van der Waals surface area (Å²) in [6, 6.07) is 45.5. The molecule has 0 amide bonds. The van der Waals surface area contributed by atoms with Crippen LogP contribution in [0.5, 0.6) is 0 Å². The van der Waals surface area contributed by atoms with Crippen LogP contribution in [0.3, 0.4) is 0 Å². The molecule has 0 aliphatic carbocycles. The lowest BCUT2D eigenvalue weighted by molar-refractivity contribution is 1.32. The molecule has 0 unspecified atom stereocenters. The maximum Gasteiger partial charge on any atom is 0.0702 e. The van der Waals surface area contributed by atoms with Crippen LogP contribution in [0.1, 0.15) is 22.3 Å². The summed E-state index contributed by atoms with van der Waals surface area (Å²) in [6.07, 6.45) is 3.62. The molecule has 2 aromatic heterocycles. The van der Waals surface area contributed by atoms with E-state index in [0.29, 0.717) is 0 Å². The van der Waals surface area contributed by atoms with Gasteiger partial charge in [0.1, 0.15) is 0 Å². The number of nitrogens with zero attached hydrogens (tertiary/aromatic N) is 2. The zero-order valence-corrected chi connectivity index (χ0v) is 22.8. The fourth-order valence-corrected chi connectivity index (χ4v) is 5.02. The molecule has 194 valence electrons. The van der Waals surface area contributed by atoms with E-state index >= 15 is 0 Å². The molecule has 0 N–H and O–H groups in total. The maximum atomic E-state index is 4.45. The molecule has 2 heteroatoms. The van der Waals surface area contributed by atoms with E-state index in [4.69, 9.17) is 0 Å². The molecule has 0 saturated carbocycles. The van der Waals surface area contributed by atoms with Crippen molar-refractivity contribution >= 4 is 21.5 Å². The summed E-state index contributed by atoms with van der Waals surface area (Å²) in [7, 11) is 0. The first kappa shape index (κ1) is 25.0. The largest absolute Gasteiger partial charge is 0.256 e. The van der Waals surface area contributed by atoms with Gasteiger partial charge in [-0.2, -0.15) is 0 Å². The van der Waals surface area contributed by atoms with Crippen molar-refractivity contribution in [1.82, 2.24) is 9.97 Å². The van der Waals surface area contributed by atoms with Gasteiger partial charge >= 0.3 is 0 Å². The quantitative estimate of drug-likeness (QED) is 0.164. The van der Waals surface area contributed by atoms with E-state index in [9.17, 15) is 0 Å². The topological polar surface area (TPSA) is 25.8 Å². The van der Waals surface area contributed by atoms with Gasteiger partial charge in [0.05, 0.1) is 11.4 Å². The monoisotopic (exact) mass is 532 g/mol. The molecule has 0 radical (unpaired) electrons. The van der Waals surface area contributed by atoms with Gasteiger partial charge in [-0.1, -0.05) is 72.2 Å². The normalized spacial score (nSPS) is 10.5. The predicted octanol–water partition coefficient (Wildman–Crippen LogP) is 8.92. The van der Waals surface area contributed by atoms with Crippen molar-refractivity contribution in [2.45, 2.75) is 0 Å². The molecule has 2 nitrogen and oxygen atoms in total. The minimum Gasteiger partial charge on any atom is -0.256 e. The summed E-state index contributed by atoms with van der Waals surface area (Å²) >= 11 is 0. The Morgan fingerprint density at radius 3 is 1.21 bits per heavy atom. The number of fused-ring (bicyclic) bond motifs is 2. The third-order valence-electron chi connectivity index (χ3n) is 7.14. The molecule has 7 rings (SSSR count). The standard InChI is InChI=1S/C40H24N2/c1-3-21-41-39(11-1)35-9-5-7-29(23-35)13-15-31-17-19-33-28-38-26-32(18-20-34(38)27-37(33)25-31)16-14-30-8-6-10-36(24-30)40-12-2-4-22-42-40/h1-12,17-28H. The average molecular weight is 533 g/mol. The number of pyridine rings is 2. The van der Waals surface area contributed by atoms with Crippen LogP contribution in [0.25, 0.3) is 44.1 Å². The van der Waals surface area contributed by atoms with Crippen LogP contribution in [0, 0.1) is 23.7 Å². The summed E-state index contributed by atoms with van der Waals surface area (Å²) in [5.74, 6) is 13.3.